The van der Waals surface area contributed by atoms with Crippen molar-refractivity contribution in [1.29, 1.82) is 0 Å². The molecule has 0 aromatic rings. The second-order valence-corrected chi connectivity index (χ2v) is 19.5. The monoisotopic (exact) mass is 877 g/mol. The molecule has 0 saturated carbocycles. The largest absolute Gasteiger partial charge is 0.462 e. The van der Waals surface area contributed by atoms with Crippen LogP contribution in [0.4, 0.5) is 0 Å². The topological polar surface area (TPSA) is 78.9 Å². The molecule has 0 N–H and O–H groups in total. The fourth-order valence-corrected chi connectivity index (χ4v) is 8.54. The van der Waals surface area contributed by atoms with Gasteiger partial charge in [-0.1, -0.05) is 278 Å². The van der Waals surface area contributed by atoms with Crippen molar-refractivity contribution in [3.63, 3.8) is 0 Å². The Kier molecular flexibility index (Phi) is 49.1. The average molecular weight is 877 g/mol. The highest BCUT2D eigenvalue weighted by molar-refractivity contribution is 5.71. The summed E-state index contributed by atoms with van der Waals surface area (Å²) < 4.78 is 16.9. The zero-order chi connectivity index (χ0) is 45.2. The molecule has 0 aromatic carbocycles. The van der Waals surface area contributed by atoms with Crippen molar-refractivity contribution in [1.82, 2.24) is 0 Å². The second kappa shape index (κ2) is 50.4. The number of hydrogen-bond acceptors (Lipinski definition) is 6. The first-order valence-corrected chi connectivity index (χ1v) is 27.9. The van der Waals surface area contributed by atoms with Crippen molar-refractivity contribution < 1.29 is 28.6 Å². The second-order valence-electron chi connectivity index (χ2n) is 19.5. The van der Waals surface area contributed by atoms with Crippen LogP contribution in [-0.4, -0.2) is 37.2 Å². The molecule has 62 heavy (non-hydrogen) atoms. The first-order chi connectivity index (χ1) is 30.4. The van der Waals surface area contributed by atoms with Crippen molar-refractivity contribution in [3.8, 4) is 0 Å². The normalized spacial score (nSPS) is 12.4. The molecule has 6 nitrogen and oxygen atoms in total. The summed E-state index contributed by atoms with van der Waals surface area (Å²) in [5, 5.41) is 0. The van der Waals surface area contributed by atoms with Gasteiger partial charge in [-0.25, -0.2) is 0 Å². The molecule has 0 bridgehead atoms. The van der Waals surface area contributed by atoms with Gasteiger partial charge in [-0.05, 0) is 25.2 Å². The fraction of sp³-hybridized carbons (Fsp3) is 0.946. The van der Waals surface area contributed by atoms with Gasteiger partial charge in [-0.3, -0.25) is 14.4 Å². The highest BCUT2D eigenvalue weighted by atomic mass is 16.6. The highest BCUT2D eigenvalue weighted by Gasteiger charge is 2.19. The standard InChI is InChI=1S/C56H108O6/c1-5-8-10-12-14-16-18-20-24-28-31-35-39-43-47-54(57)60-50-53(62-56(59)49-45-41-37-33-27-19-17-15-13-11-9-6-2)51-61-55(58)48-44-40-36-32-29-25-22-21-23-26-30-34-38-42-46-52(4)7-3/h52-53H,5-51H2,1-4H3/t52?,53-/m0/s1. The van der Waals surface area contributed by atoms with Crippen LogP contribution in [0.3, 0.4) is 0 Å². The van der Waals surface area contributed by atoms with E-state index in [1.54, 1.807) is 0 Å². The molecule has 0 aliphatic rings. The molecule has 1 unspecified atom stereocenters. The van der Waals surface area contributed by atoms with Gasteiger partial charge in [-0.2, -0.15) is 0 Å². The van der Waals surface area contributed by atoms with Gasteiger partial charge in [-0.15, -0.1) is 0 Å². The Bertz CT molecular complexity index is 935. The smallest absolute Gasteiger partial charge is 0.306 e. The summed E-state index contributed by atoms with van der Waals surface area (Å²) in [5.74, 6) is 0.0575. The maximum absolute atomic E-state index is 12.8. The zero-order valence-corrected chi connectivity index (χ0v) is 42.3. The Morgan fingerprint density at radius 3 is 0.839 bits per heavy atom. The number of carbonyl (C=O) groups excluding carboxylic acids is 3. The van der Waals surface area contributed by atoms with Crippen LogP contribution in [-0.2, 0) is 28.6 Å². The Morgan fingerprint density at radius 2 is 0.565 bits per heavy atom. The van der Waals surface area contributed by atoms with Gasteiger partial charge in [0.2, 0.25) is 0 Å². The minimum atomic E-state index is -0.761. The van der Waals surface area contributed by atoms with Crippen LogP contribution in [0.5, 0.6) is 0 Å². The predicted molar refractivity (Wildman–Crippen MR) is 266 cm³/mol. The molecule has 0 amide bonds. The average Bonchev–Trinajstić information content (AvgIpc) is 3.27. The molecule has 0 spiro atoms. The van der Waals surface area contributed by atoms with Crippen LogP contribution in [0.15, 0.2) is 0 Å². The van der Waals surface area contributed by atoms with Gasteiger partial charge in [0.15, 0.2) is 6.10 Å². The number of ether oxygens (including phenoxy) is 3. The Hall–Kier alpha value is -1.59. The van der Waals surface area contributed by atoms with Gasteiger partial charge in [0.05, 0.1) is 0 Å². The van der Waals surface area contributed by atoms with Gasteiger partial charge in [0.1, 0.15) is 13.2 Å². The van der Waals surface area contributed by atoms with E-state index >= 15 is 0 Å². The lowest BCUT2D eigenvalue weighted by molar-refractivity contribution is -0.167. The lowest BCUT2D eigenvalue weighted by Crippen LogP contribution is -2.30. The molecule has 0 fully saturated rings. The summed E-state index contributed by atoms with van der Waals surface area (Å²) in [6, 6.07) is 0. The van der Waals surface area contributed by atoms with E-state index in [2.05, 4.69) is 27.7 Å². The summed E-state index contributed by atoms with van der Waals surface area (Å²) in [5.41, 5.74) is 0. The van der Waals surface area contributed by atoms with Crippen molar-refractivity contribution in [2.24, 2.45) is 5.92 Å². The third kappa shape index (κ3) is 47.9. The van der Waals surface area contributed by atoms with Gasteiger partial charge in [0.25, 0.3) is 0 Å². The van der Waals surface area contributed by atoms with Crippen molar-refractivity contribution in [2.45, 2.75) is 323 Å². The molecule has 2 atom stereocenters. The molecule has 0 aliphatic carbocycles. The number of hydrogen-bond donors (Lipinski definition) is 0. The Balaban J connectivity index is 4.27. The van der Waals surface area contributed by atoms with E-state index in [9.17, 15) is 14.4 Å². The van der Waals surface area contributed by atoms with Crippen molar-refractivity contribution in [2.75, 3.05) is 13.2 Å². The molecule has 6 heteroatoms. The zero-order valence-electron chi connectivity index (χ0n) is 42.3. The van der Waals surface area contributed by atoms with E-state index < -0.39 is 6.10 Å². The molecule has 0 rings (SSSR count). The first-order valence-electron chi connectivity index (χ1n) is 27.9. The van der Waals surface area contributed by atoms with Crippen molar-refractivity contribution >= 4 is 17.9 Å². The first kappa shape index (κ1) is 60.4. The lowest BCUT2D eigenvalue weighted by Gasteiger charge is -2.18. The molecule has 0 saturated heterocycles. The van der Waals surface area contributed by atoms with E-state index in [1.807, 2.05) is 0 Å². The number of rotatable bonds is 51. The van der Waals surface area contributed by atoms with Gasteiger partial charge < -0.3 is 14.2 Å². The summed E-state index contributed by atoms with van der Waals surface area (Å²) in [6.07, 6.45) is 53.6. The molecule has 0 aliphatic heterocycles. The van der Waals surface area contributed by atoms with Crippen LogP contribution in [0, 0.1) is 5.92 Å². The van der Waals surface area contributed by atoms with Gasteiger partial charge in [0, 0.05) is 19.3 Å². The molecule has 0 aromatic heterocycles. The van der Waals surface area contributed by atoms with E-state index in [4.69, 9.17) is 14.2 Å². The minimum absolute atomic E-state index is 0.0621. The Morgan fingerprint density at radius 1 is 0.323 bits per heavy atom. The SMILES string of the molecule is CCCCCCCCCCCCCCCCC(=O)OC[C@@H](COC(=O)CCCCCCCCCCCCCCCCC(C)CC)OC(=O)CCCCCCCCCCCCCC. The van der Waals surface area contributed by atoms with Crippen LogP contribution in [0.25, 0.3) is 0 Å². The molecule has 0 radical (unpaired) electrons. The highest BCUT2D eigenvalue weighted by Crippen LogP contribution is 2.18. The summed E-state index contributed by atoms with van der Waals surface area (Å²) in [7, 11) is 0. The summed E-state index contributed by atoms with van der Waals surface area (Å²) in [6.45, 7) is 9.08. The molecular weight excluding hydrogens is 769 g/mol. The number of carbonyl (C=O) groups is 3. The van der Waals surface area contributed by atoms with E-state index in [0.29, 0.717) is 19.3 Å². The van der Waals surface area contributed by atoms with Gasteiger partial charge >= 0.3 is 17.9 Å². The van der Waals surface area contributed by atoms with Crippen LogP contribution < -0.4 is 0 Å². The van der Waals surface area contributed by atoms with E-state index in [-0.39, 0.29) is 31.1 Å². The summed E-state index contributed by atoms with van der Waals surface area (Å²) >= 11 is 0. The Labute approximate surface area is 387 Å². The van der Waals surface area contributed by atoms with E-state index in [1.165, 1.54) is 212 Å². The molecular formula is C56H108O6. The maximum Gasteiger partial charge on any atom is 0.306 e. The lowest BCUT2D eigenvalue weighted by atomic mass is 9.99. The number of esters is 3. The summed E-state index contributed by atoms with van der Waals surface area (Å²) in [4.78, 5) is 38.0. The van der Waals surface area contributed by atoms with Crippen LogP contribution in [0.1, 0.15) is 317 Å². The van der Waals surface area contributed by atoms with Crippen molar-refractivity contribution in [3.05, 3.63) is 0 Å². The third-order valence-corrected chi connectivity index (χ3v) is 13.2. The third-order valence-electron chi connectivity index (χ3n) is 13.2. The van der Waals surface area contributed by atoms with Crippen LogP contribution >= 0.6 is 0 Å². The molecule has 368 valence electrons. The number of unbranched alkanes of at least 4 members (excludes halogenated alkanes) is 37. The van der Waals surface area contributed by atoms with Crippen LogP contribution in [0.2, 0.25) is 0 Å². The van der Waals surface area contributed by atoms with E-state index in [0.717, 1.165) is 63.7 Å². The molecule has 0 heterocycles. The predicted octanol–water partition coefficient (Wildman–Crippen LogP) is 18.2. The quantitative estimate of drug-likeness (QED) is 0.0344. The minimum Gasteiger partial charge on any atom is -0.462 e. The maximum atomic E-state index is 12.8. The fourth-order valence-electron chi connectivity index (χ4n) is 8.54.